The standard InChI is InChI=1S/C23H28N6O4S/c1-33-17-4-2-15(3-5-17)20(31)16-6-9-27(10-7-16)18-8-11-28(21(18)32)14-19(30)24-22-25-26-23-29(22)12-13-34-23/h2-5,16,18H,6-14H2,1H3,(H,24,25,30)/t18-/m1/s1. The smallest absolute Gasteiger partial charge is 0.246 e. The molecule has 0 radical (unpaired) electrons. The highest BCUT2D eigenvalue weighted by Crippen LogP contribution is 2.28. The normalized spacial score (nSPS) is 21.0. The van der Waals surface area contributed by atoms with Crippen molar-refractivity contribution in [2.75, 3.05) is 44.4 Å². The summed E-state index contributed by atoms with van der Waals surface area (Å²) >= 11 is 1.61. The van der Waals surface area contributed by atoms with Crippen LogP contribution in [0, 0.1) is 5.92 Å². The van der Waals surface area contributed by atoms with Crippen LogP contribution in [-0.2, 0) is 16.1 Å². The maximum atomic E-state index is 13.0. The Bertz CT molecular complexity index is 1080. The summed E-state index contributed by atoms with van der Waals surface area (Å²) in [6.45, 7) is 2.73. The Morgan fingerprint density at radius 3 is 2.59 bits per heavy atom. The van der Waals surface area contributed by atoms with E-state index in [4.69, 9.17) is 4.74 Å². The number of ether oxygens (including phenoxy) is 1. The molecular weight excluding hydrogens is 456 g/mol. The Morgan fingerprint density at radius 2 is 1.85 bits per heavy atom. The molecule has 1 aromatic heterocycles. The number of hydrogen-bond acceptors (Lipinski definition) is 8. The van der Waals surface area contributed by atoms with Crippen molar-refractivity contribution in [3.8, 4) is 5.75 Å². The average Bonchev–Trinajstić information content (AvgIpc) is 3.57. The molecule has 2 fully saturated rings. The SMILES string of the molecule is COc1ccc(C(=O)C2CCN([C@@H]3CCN(CC(=O)Nc4nnc5n4CCS5)C3=O)CC2)cc1. The number of hydrogen-bond donors (Lipinski definition) is 1. The first-order valence-corrected chi connectivity index (χ1v) is 12.6. The molecule has 2 aromatic rings. The van der Waals surface area contributed by atoms with Crippen molar-refractivity contribution in [3.05, 3.63) is 29.8 Å². The Kier molecular flexibility index (Phi) is 6.55. The lowest BCUT2D eigenvalue weighted by molar-refractivity contribution is -0.135. The topological polar surface area (TPSA) is 110 Å². The predicted octanol–water partition coefficient (Wildman–Crippen LogP) is 1.53. The molecule has 5 rings (SSSR count). The second-order valence-corrected chi connectivity index (χ2v) is 9.88. The number of rotatable bonds is 7. The lowest BCUT2D eigenvalue weighted by Crippen LogP contribution is -2.47. The molecule has 1 aromatic carbocycles. The van der Waals surface area contributed by atoms with Crippen LogP contribution in [0.3, 0.4) is 0 Å². The van der Waals surface area contributed by atoms with Gasteiger partial charge < -0.3 is 9.64 Å². The summed E-state index contributed by atoms with van der Waals surface area (Å²) in [6, 6.07) is 7.01. The molecule has 34 heavy (non-hydrogen) atoms. The van der Waals surface area contributed by atoms with Crippen molar-refractivity contribution >= 4 is 35.3 Å². The molecule has 0 aliphatic carbocycles. The van der Waals surface area contributed by atoms with Gasteiger partial charge in [-0.1, -0.05) is 11.8 Å². The quantitative estimate of drug-likeness (QED) is 0.590. The van der Waals surface area contributed by atoms with Gasteiger partial charge in [-0.05, 0) is 56.6 Å². The lowest BCUT2D eigenvalue weighted by atomic mass is 9.88. The van der Waals surface area contributed by atoms with Crippen molar-refractivity contribution in [3.63, 3.8) is 0 Å². The lowest BCUT2D eigenvalue weighted by Gasteiger charge is -2.34. The number of carbonyl (C=O) groups excluding carboxylic acids is 3. The van der Waals surface area contributed by atoms with Gasteiger partial charge in [-0.3, -0.25) is 29.2 Å². The molecule has 4 heterocycles. The summed E-state index contributed by atoms with van der Waals surface area (Å²) < 4.78 is 7.05. The van der Waals surface area contributed by atoms with Gasteiger partial charge in [-0.2, -0.15) is 0 Å². The molecule has 0 saturated carbocycles. The molecular formula is C23H28N6O4S. The highest BCUT2D eigenvalue weighted by molar-refractivity contribution is 7.99. The van der Waals surface area contributed by atoms with Crippen molar-refractivity contribution < 1.29 is 19.1 Å². The number of ketones is 1. The summed E-state index contributed by atoms with van der Waals surface area (Å²) in [5, 5.41) is 11.7. The van der Waals surface area contributed by atoms with Gasteiger partial charge >= 0.3 is 0 Å². The summed E-state index contributed by atoms with van der Waals surface area (Å²) in [5.74, 6) is 1.93. The first kappa shape index (κ1) is 22.9. The molecule has 2 saturated heterocycles. The van der Waals surface area contributed by atoms with Gasteiger partial charge in [-0.15, -0.1) is 10.2 Å². The number of thioether (sulfide) groups is 1. The Balaban J connectivity index is 1.11. The third-order valence-corrected chi connectivity index (χ3v) is 7.78. The number of benzene rings is 1. The number of anilines is 1. The largest absolute Gasteiger partial charge is 0.497 e. The fourth-order valence-corrected chi connectivity index (χ4v) is 5.83. The number of amides is 2. The Morgan fingerprint density at radius 1 is 1.09 bits per heavy atom. The number of nitrogens with zero attached hydrogens (tertiary/aromatic N) is 5. The van der Waals surface area contributed by atoms with E-state index in [1.54, 1.807) is 35.9 Å². The van der Waals surface area contributed by atoms with E-state index in [1.165, 1.54) is 0 Å². The predicted molar refractivity (Wildman–Crippen MR) is 126 cm³/mol. The average molecular weight is 485 g/mol. The van der Waals surface area contributed by atoms with Gasteiger partial charge in [0.05, 0.1) is 19.7 Å². The summed E-state index contributed by atoms with van der Waals surface area (Å²) in [7, 11) is 1.60. The third-order valence-electron chi connectivity index (χ3n) is 6.83. The van der Waals surface area contributed by atoms with E-state index in [9.17, 15) is 14.4 Å². The van der Waals surface area contributed by atoms with Crippen LogP contribution in [0.2, 0.25) is 0 Å². The molecule has 1 N–H and O–H groups in total. The van der Waals surface area contributed by atoms with Gasteiger partial charge in [-0.25, -0.2) is 0 Å². The molecule has 1 atom stereocenters. The van der Waals surface area contributed by atoms with Crippen LogP contribution < -0.4 is 10.1 Å². The molecule has 2 amide bonds. The van der Waals surface area contributed by atoms with Gasteiger partial charge in [0.2, 0.25) is 17.8 Å². The summed E-state index contributed by atoms with van der Waals surface area (Å²) in [4.78, 5) is 42.2. The number of methoxy groups -OCH3 is 1. The van der Waals surface area contributed by atoms with E-state index in [0.29, 0.717) is 37.6 Å². The van der Waals surface area contributed by atoms with E-state index in [1.807, 2.05) is 16.7 Å². The molecule has 3 aliphatic rings. The molecule has 0 unspecified atom stereocenters. The zero-order chi connectivity index (χ0) is 23.7. The fourth-order valence-electron chi connectivity index (χ4n) is 4.94. The van der Waals surface area contributed by atoms with Gasteiger partial charge in [0.1, 0.15) is 5.75 Å². The maximum absolute atomic E-state index is 13.0. The number of fused-ring (bicyclic) bond motifs is 1. The highest BCUT2D eigenvalue weighted by Gasteiger charge is 2.39. The van der Waals surface area contributed by atoms with E-state index >= 15 is 0 Å². The first-order valence-electron chi connectivity index (χ1n) is 11.6. The van der Waals surface area contributed by atoms with Crippen LogP contribution in [0.25, 0.3) is 0 Å². The summed E-state index contributed by atoms with van der Waals surface area (Å²) in [5.41, 5.74) is 0.699. The minimum Gasteiger partial charge on any atom is -0.497 e. The van der Waals surface area contributed by atoms with E-state index < -0.39 is 0 Å². The second-order valence-electron chi connectivity index (χ2n) is 8.82. The molecule has 11 heteroatoms. The second kappa shape index (κ2) is 9.75. The minimum absolute atomic E-state index is 0.0110. The highest BCUT2D eigenvalue weighted by atomic mass is 32.2. The van der Waals surface area contributed by atoms with Crippen LogP contribution in [-0.4, -0.2) is 87.2 Å². The van der Waals surface area contributed by atoms with Crippen molar-refractivity contribution in [1.29, 1.82) is 0 Å². The van der Waals surface area contributed by atoms with Gasteiger partial charge in [0, 0.05) is 30.3 Å². The number of piperidine rings is 1. The van der Waals surface area contributed by atoms with E-state index in [2.05, 4.69) is 20.4 Å². The molecule has 0 bridgehead atoms. The monoisotopic (exact) mass is 484 g/mol. The van der Waals surface area contributed by atoms with E-state index in [0.717, 1.165) is 36.0 Å². The molecule has 10 nitrogen and oxygen atoms in total. The van der Waals surface area contributed by atoms with Crippen LogP contribution >= 0.6 is 11.8 Å². The number of Topliss-reactive ketones (excluding diaryl/α,β-unsaturated/α-hetero) is 1. The Labute approximate surface area is 202 Å². The number of carbonyl (C=O) groups is 3. The zero-order valence-electron chi connectivity index (χ0n) is 19.1. The first-order chi connectivity index (χ1) is 16.5. The number of nitrogens with one attached hydrogen (secondary N) is 1. The summed E-state index contributed by atoms with van der Waals surface area (Å²) in [6.07, 6.45) is 2.15. The van der Waals surface area contributed by atoms with Gasteiger partial charge in [0.15, 0.2) is 10.9 Å². The van der Waals surface area contributed by atoms with Crippen molar-refractivity contribution in [2.24, 2.45) is 5.92 Å². The number of aromatic nitrogens is 3. The van der Waals surface area contributed by atoms with Crippen molar-refractivity contribution in [2.45, 2.75) is 37.0 Å². The maximum Gasteiger partial charge on any atom is 0.246 e. The van der Waals surface area contributed by atoms with Crippen molar-refractivity contribution in [1.82, 2.24) is 24.6 Å². The van der Waals surface area contributed by atoms with Crippen LogP contribution in [0.5, 0.6) is 5.75 Å². The third kappa shape index (κ3) is 4.54. The van der Waals surface area contributed by atoms with Gasteiger partial charge in [0.25, 0.3) is 0 Å². The zero-order valence-corrected chi connectivity index (χ0v) is 19.9. The fraction of sp³-hybridized carbons (Fsp3) is 0.522. The number of likely N-dealkylation sites (tertiary alicyclic amines) is 2. The molecule has 0 spiro atoms. The van der Waals surface area contributed by atoms with E-state index in [-0.39, 0.29) is 36.1 Å². The Hall–Kier alpha value is -2.92. The van der Waals surface area contributed by atoms with Crippen LogP contribution in [0.4, 0.5) is 5.95 Å². The minimum atomic E-state index is -0.259. The van der Waals surface area contributed by atoms with Crippen LogP contribution in [0.1, 0.15) is 29.6 Å². The molecule has 180 valence electrons. The molecule has 3 aliphatic heterocycles. The van der Waals surface area contributed by atoms with Crippen LogP contribution in [0.15, 0.2) is 29.4 Å².